The molecule has 3 heteroatoms. The third-order valence-electron chi connectivity index (χ3n) is 2.85. The van der Waals surface area contributed by atoms with Gasteiger partial charge >= 0.3 is 0 Å². The molecule has 12 heavy (non-hydrogen) atoms. The lowest BCUT2D eigenvalue weighted by Gasteiger charge is -2.29. The van der Waals surface area contributed by atoms with E-state index in [0.717, 1.165) is 0 Å². The monoisotopic (exact) mass is 172 g/mol. The highest BCUT2D eigenvalue weighted by Gasteiger charge is 2.50. The lowest BCUT2D eigenvalue weighted by Crippen LogP contribution is -2.38. The van der Waals surface area contributed by atoms with Gasteiger partial charge in [-0.1, -0.05) is 13.8 Å². The fourth-order valence-electron chi connectivity index (χ4n) is 1.95. The number of ether oxygens (including phenoxy) is 2. The number of rotatable bonds is 2. The third kappa shape index (κ3) is 1.17. The normalized spacial score (nSPS) is 34.2. The van der Waals surface area contributed by atoms with Gasteiger partial charge in [0.25, 0.3) is 0 Å². The van der Waals surface area contributed by atoms with Crippen LogP contribution in [0.5, 0.6) is 0 Å². The van der Waals surface area contributed by atoms with E-state index in [1.165, 1.54) is 0 Å². The molecule has 0 N–H and O–H groups in total. The average molecular weight is 172 g/mol. The first-order valence-electron chi connectivity index (χ1n) is 4.21. The van der Waals surface area contributed by atoms with E-state index in [-0.39, 0.29) is 17.6 Å². The second-order valence-electron chi connectivity index (χ2n) is 3.45. The van der Waals surface area contributed by atoms with Gasteiger partial charge in [0.05, 0.1) is 5.92 Å². The first kappa shape index (κ1) is 9.68. The number of methoxy groups -OCH3 is 2. The third-order valence-corrected chi connectivity index (χ3v) is 2.85. The molecular weight excluding hydrogens is 156 g/mol. The first-order valence-corrected chi connectivity index (χ1v) is 4.21. The Kier molecular flexibility index (Phi) is 2.54. The SMILES string of the molecule is COC1(OC)CC(C)C(=O)C1C. The van der Waals surface area contributed by atoms with Gasteiger partial charge in [0.15, 0.2) is 5.79 Å². The lowest BCUT2D eigenvalue weighted by molar-refractivity contribution is -0.223. The van der Waals surface area contributed by atoms with Crippen molar-refractivity contribution in [1.29, 1.82) is 0 Å². The molecule has 0 bridgehead atoms. The smallest absolute Gasteiger partial charge is 0.177 e. The summed E-state index contributed by atoms with van der Waals surface area (Å²) in [4.78, 5) is 11.5. The Morgan fingerprint density at radius 1 is 1.33 bits per heavy atom. The molecule has 3 nitrogen and oxygen atoms in total. The van der Waals surface area contributed by atoms with Gasteiger partial charge < -0.3 is 9.47 Å². The van der Waals surface area contributed by atoms with E-state index < -0.39 is 5.79 Å². The summed E-state index contributed by atoms with van der Waals surface area (Å²) in [6.45, 7) is 3.78. The second-order valence-corrected chi connectivity index (χ2v) is 3.45. The van der Waals surface area contributed by atoms with Crippen LogP contribution in [0.4, 0.5) is 0 Å². The summed E-state index contributed by atoms with van der Waals surface area (Å²) in [5, 5.41) is 0. The Hall–Kier alpha value is -0.410. The van der Waals surface area contributed by atoms with Gasteiger partial charge in [-0.05, 0) is 0 Å². The van der Waals surface area contributed by atoms with Crippen LogP contribution in [-0.4, -0.2) is 25.8 Å². The number of carbonyl (C=O) groups excluding carboxylic acids is 1. The van der Waals surface area contributed by atoms with Gasteiger partial charge in [0.2, 0.25) is 0 Å². The molecule has 0 radical (unpaired) electrons. The Bertz CT molecular complexity index is 184. The summed E-state index contributed by atoms with van der Waals surface area (Å²) in [6, 6.07) is 0. The highest BCUT2D eigenvalue weighted by Crippen LogP contribution is 2.39. The van der Waals surface area contributed by atoms with Crippen LogP contribution in [0, 0.1) is 11.8 Å². The first-order chi connectivity index (χ1) is 5.57. The van der Waals surface area contributed by atoms with Crippen molar-refractivity contribution < 1.29 is 14.3 Å². The van der Waals surface area contributed by atoms with Crippen molar-refractivity contribution in [3.05, 3.63) is 0 Å². The Labute approximate surface area is 73.0 Å². The van der Waals surface area contributed by atoms with Gasteiger partial charge in [0, 0.05) is 26.6 Å². The summed E-state index contributed by atoms with van der Waals surface area (Å²) < 4.78 is 10.5. The molecule has 1 saturated carbocycles. The minimum absolute atomic E-state index is 0.0555. The number of ketones is 1. The van der Waals surface area contributed by atoms with Crippen LogP contribution in [-0.2, 0) is 14.3 Å². The lowest BCUT2D eigenvalue weighted by atomic mass is 10.0. The Morgan fingerprint density at radius 3 is 2.00 bits per heavy atom. The van der Waals surface area contributed by atoms with Crippen molar-refractivity contribution in [2.24, 2.45) is 11.8 Å². The van der Waals surface area contributed by atoms with Crippen LogP contribution in [0.3, 0.4) is 0 Å². The molecule has 0 spiro atoms. The number of hydrogen-bond acceptors (Lipinski definition) is 3. The molecule has 0 aromatic rings. The van der Waals surface area contributed by atoms with E-state index in [1.54, 1.807) is 14.2 Å². The number of carbonyl (C=O) groups is 1. The van der Waals surface area contributed by atoms with Crippen LogP contribution in [0.25, 0.3) is 0 Å². The molecule has 1 fully saturated rings. The summed E-state index contributed by atoms with van der Waals surface area (Å²) in [5.41, 5.74) is 0. The minimum Gasteiger partial charge on any atom is -0.352 e. The summed E-state index contributed by atoms with van der Waals surface area (Å²) in [5.74, 6) is -0.530. The Morgan fingerprint density at radius 2 is 1.83 bits per heavy atom. The fourth-order valence-corrected chi connectivity index (χ4v) is 1.95. The van der Waals surface area contributed by atoms with E-state index in [0.29, 0.717) is 6.42 Å². The van der Waals surface area contributed by atoms with Crippen molar-refractivity contribution in [1.82, 2.24) is 0 Å². The quantitative estimate of drug-likeness (QED) is 0.587. The Balaban J connectivity index is 2.86. The zero-order valence-electron chi connectivity index (χ0n) is 8.09. The highest BCUT2D eigenvalue weighted by molar-refractivity contribution is 5.86. The van der Waals surface area contributed by atoms with Crippen LogP contribution in [0.15, 0.2) is 0 Å². The van der Waals surface area contributed by atoms with Crippen molar-refractivity contribution >= 4 is 5.78 Å². The molecule has 0 saturated heterocycles. The second kappa shape index (κ2) is 3.15. The van der Waals surface area contributed by atoms with Crippen molar-refractivity contribution in [2.45, 2.75) is 26.1 Å². The molecule has 0 heterocycles. The molecule has 1 rings (SSSR count). The van der Waals surface area contributed by atoms with Gasteiger partial charge in [-0.2, -0.15) is 0 Å². The molecule has 0 amide bonds. The van der Waals surface area contributed by atoms with Crippen LogP contribution in [0.2, 0.25) is 0 Å². The fraction of sp³-hybridized carbons (Fsp3) is 0.889. The molecule has 70 valence electrons. The predicted molar refractivity (Wildman–Crippen MR) is 44.7 cm³/mol. The van der Waals surface area contributed by atoms with Crippen molar-refractivity contribution in [2.75, 3.05) is 14.2 Å². The van der Waals surface area contributed by atoms with E-state index >= 15 is 0 Å². The van der Waals surface area contributed by atoms with E-state index in [2.05, 4.69) is 0 Å². The van der Waals surface area contributed by atoms with Crippen molar-refractivity contribution in [3.63, 3.8) is 0 Å². The zero-order valence-corrected chi connectivity index (χ0v) is 8.09. The number of hydrogen-bond donors (Lipinski definition) is 0. The standard InChI is InChI=1S/C9H16O3/c1-6-5-9(11-3,12-4)7(2)8(6)10/h6-7H,5H2,1-4H3. The molecule has 1 aliphatic carbocycles. The molecule has 1 aliphatic rings. The maximum absolute atomic E-state index is 11.5. The minimum atomic E-state index is -0.670. The van der Waals surface area contributed by atoms with Gasteiger partial charge in [0.1, 0.15) is 5.78 Å². The van der Waals surface area contributed by atoms with Crippen molar-refractivity contribution in [3.8, 4) is 0 Å². The number of Topliss-reactive ketones (excluding diaryl/α,β-unsaturated/α-hetero) is 1. The summed E-state index contributed by atoms with van der Waals surface area (Å²) >= 11 is 0. The maximum Gasteiger partial charge on any atom is 0.177 e. The van der Waals surface area contributed by atoms with Gasteiger partial charge in [-0.25, -0.2) is 0 Å². The van der Waals surface area contributed by atoms with Crippen LogP contribution in [0.1, 0.15) is 20.3 Å². The van der Waals surface area contributed by atoms with E-state index in [9.17, 15) is 4.79 Å². The van der Waals surface area contributed by atoms with Gasteiger partial charge in [-0.15, -0.1) is 0 Å². The van der Waals surface area contributed by atoms with E-state index in [1.807, 2.05) is 13.8 Å². The molecule has 2 unspecified atom stereocenters. The molecule has 2 atom stereocenters. The maximum atomic E-state index is 11.5. The molecule has 0 aliphatic heterocycles. The molecular formula is C9H16O3. The average Bonchev–Trinajstić information content (AvgIpc) is 2.30. The highest BCUT2D eigenvalue weighted by atomic mass is 16.7. The predicted octanol–water partition coefficient (Wildman–Crippen LogP) is 1.22. The zero-order chi connectivity index (χ0) is 9.35. The van der Waals surface area contributed by atoms with Gasteiger partial charge in [-0.3, -0.25) is 4.79 Å². The molecule has 0 aromatic heterocycles. The summed E-state index contributed by atoms with van der Waals surface area (Å²) in [6.07, 6.45) is 0.667. The largest absolute Gasteiger partial charge is 0.352 e. The topological polar surface area (TPSA) is 35.5 Å². The van der Waals surface area contributed by atoms with Crippen LogP contribution < -0.4 is 0 Å². The van der Waals surface area contributed by atoms with E-state index in [4.69, 9.17) is 9.47 Å². The van der Waals surface area contributed by atoms with Crippen LogP contribution >= 0.6 is 0 Å². The molecule has 0 aromatic carbocycles. The summed E-state index contributed by atoms with van der Waals surface area (Å²) in [7, 11) is 3.18.